The molecule has 3 heterocycles. The van der Waals surface area contributed by atoms with Gasteiger partial charge >= 0.3 is 0 Å². The maximum atomic E-state index is 12.5. The molecule has 4 rings (SSSR count). The zero-order valence-electron chi connectivity index (χ0n) is 17.4. The lowest BCUT2D eigenvalue weighted by atomic mass is 10.2. The molecule has 0 saturated carbocycles. The van der Waals surface area contributed by atoms with E-state index in [-0.39, 0.29) is 12.7 Å². The van der Waals surface area contributed by atoms with E-state index in [0.717, 1.165) is 16.9 Å². The summed E-state index contributed by atoms with van der Waals surface area (Å²) < 4.78 is 17.8. The fourth-order valence-electron chi connectivity index (χ4n) is 3.13. The molecular formula is C20H24N6O4S. The predicted molar refractivity (Wildman–Crippen MR) is 117 cm³/mol. The van der Waals surface area contributed by atoms with Gasteiger partial charge in [-0.05, 0) is 31.4 Å². The number of ether oxygens (including phenoxy) is 3. The van der Waals surface area contributed by atoms with E-state index in [1.807, 2.05) is 13.2 Å². The van der Waals surface area contributed by atoms with Gasteiger partial charge in [-0.2, -0.15) is 5.10 Å². The summed E-state index contributed by atoms with van der Waals surface area (Å²) in [5.41, 5.74) is 1.23. The molecule has 0 spiro atoms. The van der Waals surface area contributed by atoms with Crippen LogP contribution in [0.1, 0.15) is 17.3 Å². The van der Waals surface area contributed by atoms with Crippen molar-refractivity contribution in [1.82, 2.24) is 25.1 Å². The fourth-order valence-corrected chi connectivity index (χ4v) is 3.49. The molecule has 2 N–H and O–H groups in total. The molecule has 0 atom stereocenters. The van der Waals surface area contributed by atoms with Gasteiger partial charge in [0.15, 0.2) is 22.3 Å². The van der Waals surface area contributed by atoms with Crippen molar-refractivity contribution in [3.8, 4) is 11.5 Å². The van der Waals surface area contributed by atoms with Crippen molar-refractivity contribution in [2.75, 3.05) is 44.7 Å². The van der Waals surface area contributed by atoms with Crippen LogP contribution >= 0.6 is 11.8 Å². The first-order valence-electron chi connectivity index (χ1n) is 9.96. The minimum atomic E-state index is -0.188. The summed E-state index contributed by atoms with van der Waals surface area (Å²) in [6.45, 7) is 4.92. The number of nitrogens with one attached hydrogen (secondary N) is 2. The van der Waals surface area contributed by atoms with E-state index < -0.39 is 0 Å². The maximum absolute atomic E-state index is 12.5. The molecular weight excluding hydrogens is 420 g/mol. The maximum Gasteiger partial charge on any atom is 0.251 e. The monoisotopic (exact) mass is 444 g/mol. The molecule has 0 radical (unpaired) electrons. The summed E-state index contributed by atoms with van der Waals surface area (Å²) >= 11 is 1.46. The smallest absolute Gasteiger partial charge is 0.251 e. The van der Waals surface area contributed by atoms with Crippen molar-refractivity contribution in [3.05, 3.63) is 30.0 Å². The number of benzene rings is 1. The quantitative estimate of drug-likeness (QED) is 0.276. The van der Waals surface area contributed by atoms with Gasteiger partial charge in [-0.15, -0.1) is 0 Å². The molecule has 164 valence electrons. The highest BCUT2D eigenvalue weighted by Crippen LogP contribution is 2.32. The fraction of sp³-hybridized carbons (Fsp3) is 0.400. The Kier molecular flexibility index (Phi) is 6.73. The second-order valence-electron chi connectivity index (χ2n) is 6.61. The molecule has 1 aromatic carbocycles. The number of fused-ring (bicyclic) bond motifs is 2. The van der Waals surface area contributed by atoms with Crippen LogP contribution in [0.4, 0.5) is 5.82 Å². The normalized spacial score (nSPS) is 12.3. The van der Waals surface area contributed by atoms with Gasteiger partial charge in [-0.1, -0.05) is 11.8 Å². The van der Waals surface area contributed by atoms with Crippen LogP contribution in [0.2, 0.25) is 0 Å². The largest absolute Gasteiger partial charge is 0.454 e. The molecule has 0 bridgehead atoms. The van der Waals surface area contributed by atoms with Crippen molar-refractivity contribution in [3.63, 3.8) is 0 Å². The Labute approximate surface area is 183 Å². The number of amides is 1. The van der Waals surface area contributed by atoms with Gasteiger partial charge in [-0.25, -0.2) is 14.6 Å². The Balaban J connectivity index is 1.41. The number of nitrogens with zero attached hydrogens (tertiary/aromatic N) is 4. The molecule has 2 aromatic heterocycles. The summed E-state index contributed by atoms with van der Waals surface area (Å²) in [6.07, 6.45) is 3.67. The van der Waals surface area contributed by atoms with Crippen molar-refractivity contribution < 1.29 is 19.0 Å². The van der Waals surface area contributed by atoms with Crippen LogP contribution in [0.15, 0.2) is 29.6 Å². The van der Waals surface area contributed by atoms with Gasteiger partial charge < -0.3 is 24.8 Å². The first kappa shape index (κ1) is 21.2. The molecule has 11 heteroatoms. The number of carbonyl (C=O) groups is 1. The number of rotatable bonds is 10. The Hall–Kier alpha value is -3.05. The van der Waals surface area contributed by atoms with Crippen molar-refractivity contribution >= 4 is 34.5 Å². The van der Waals surface area contributed by atoms with Crippen molar-refractivity contribution in [1.29, 1.82) is 0 Å². The molecule has 3 aromatic rings. The number of carbonyl (C=O) groups excluding carboxylic acids is 1. The Morgan fingerprint density at radius 3 is 2.97 bits per heavy atom. The van der Waals surface area contributed by atoms with Crippen LogP contribution in [0, 0.1) is 0 Å². The SMILES string of the molecule is CCOCCNc1nc(SC)nc2c1cnn2CCNC(=O)c1ccc2c(c1)OCO2. The number of thioether (sulfide) groups is 1. The highest BCUT2D eigenvalue weighted by molar-refractivity contribution is 7.98. The number of anilines is 1. The van der Waals surface area contributed by atoms with Crippen LogP contribution in [-0.2, 0) is 11.3 Å². The zero-order chi connectivity index (χ0) is 21.6. The zero-order valence-corrected chi connectivity index (χ0v) is 18.2. The standard InChI is InChI=1S/C20H24N6O4S/c1-3-28-9-7-21-17-14-11-23-26(18(14)25-20(24-17)31-2)8-6-22-19(27)13-4-5-15-16(10-13)30-12-29-15/h4-5,10-11H,3,6-9,12H2,1-2H3,(H,22,27)(H,21,24,25). The van der Waals surface area contributed by atoms with Gasteiger partial charge in [0.25, 0.3) is 5.91 Å². The van der Waals surface area contributed by atoms with Crippen molar-refractivity contribution in [2.45, 2.75) is 18.6 Å². The first-order chi connectivity index (χ1) is 15.2. The number of hydrogen-bond donors (Lipinski definition) is 2. The van der Waals surface area contributed by atoms with Gasteiger partial charge in [-0.3, -0.25) is 4.79 Å². The Morgan fingerprint density at radius 1 is 1.26 bits per heavy atom. The van der Waals surface area contributed by atoms with Crippen molar-refractivity contribution in [2.24, 2.45) is 0 Å². The second-order valence-corrected chi connectivity index (χ2v) is 7.38. The summed E-state index contributed by atoms with van der Waals surface area (Å²) in [6, 6.07) is 5.13. The van der Waals surface area contributed by atoms with E-state index >= 15 is 0 Å². The van der Waals surface area contributed by atoms with Gasteiger partial charge in [0.1, 0.15) is 5.82 Å². The van der Waals surface area contributed by atoms with Crippen LogP contribution in [-0.4, -0.2) is 65.0 Å². The predicted octanol–water partition coefficient (Wildman–Crippen LogP) is 2.16. The van der Waals surface area contributed by atoms with Gasteiger partial charge in [0.05, 0.1) is 24.7 Å². The molecule has 0 saturated heterocycles. The van der Waals surface area contributed by atoms with E-state index in [1.54, 1.807) is 29.1 Å². The van der Waals surface area contributed by atoms with E-state index in [9.17, 15) is 4.79 Å². The van der Waals surface area contributed by atoms with E-state index in [2.05, 4.69) is 25.7 Å². The minimum Gasteiger partial charge on any atom is -0.454 e. The van der Waals surface area contributed by atoms with Crippen LogP contribution in [0.25, 0.3) is 11.0 Å². The molecule has 10 nitrogen and oxygen atoms in total. The molecule has 0 aliphatic carbocycles. The van der Waals surface area contributed by atoms with E-state index in [1.165, 1.54) is 11.8 Å². The third-order valence-electron chi connectivity index (χ3n) is 4.65. The minimum absolute atomic E-state index is 0.176. The van der Waals surface area contributed by atoms with E-state index in [4.69, 9.17) is 14.2 Å². The lowest BCUT2D eigenvalue weighted by Crippen LogP contribution is -2.27. The topological polar surface area (TPSA) is 112 Å². The Morgan fingerprint density at radius 2 is 2.13 bits per heavy atom. The Bertz CT molecular complexity index is 1070. The number of aromatic nitrogens is 4. The summed E-state index contributed by atoms with van der Waals surface area (Å²) in [4.78, 5) is 21.6. The number of hydrogen-bond acceptors (Lipinski definition) is 9. The summed E-state index contributed by atoms with van der Waals surface area (Å²) in [7, 11) is 0. The first-order valence-corrected chi connectivity index (χ1v) is 11.2. The van der Waals surface area contributed by atoms with Crippen LogP contribution in [0.3, 0.4) is 0 Å². The molecule has 0 unspecified atom stereocenters. The lowest BCUT2D eigenvalue weighted by Gasteiger charge is -2.09. The van der Waals surface area contributed by atoms with Crippen LogP contribution < -0.4 is 20.1 Å². The molecule has 31 heavy (non-hydrogen) atoms. The average Bonchev–Trinajstić information content (AvgIpc) is 3.43. The molecule has 1 aliphatic heterocycles. The summed E-state index contributed by atoms with van der Waals surface area (Å²) in [5.74, 6) is 1.77. The molecule has 1 amide bonds. The second kappa shape index (κ2) is 9.84. The van der Waals surface area contributed by atoms with Crippen LogP contribution in [0.5, 0.6) is 11.5 Å². The highest BCUT2D eigenvalue weighted by Gasteiger charge is 2.17. The van der Waals surface area contributed by atoms with E-state index in [0.29, 0.717) is 55.1 Å². The third kappa shape index (κ3) is 4.83. The molecule has 0 fully saturated rings. The summed E-state index contributed by atoms with van der Waals surface area (Å²) in [5, 5.41) is 12.1. The average molecular weight is 445 g/mol. The van der Waals surface area contributed by atoms with Gasteiger partial charge in [0.2, 0.25) is 6.79 Å². The highest BCUT2D eigenvalue weighted by atomic mass is 32.2. The lowest BCUT2D eigenvalue weighted by molar-refractivity contribution is 0.0951. The van der Waals surface area contributed by atoms with Gasteiger partial charge in [0, 0.05) is 25.3 Å². The third-order valence-corrected chi connectivity index (χ3v) is 5.19. The molecule has 1 aliphatic rings.